The van der Waals surface area contributed by atoms with Crippen molar-refractivity contribution in [3.8, 4) is 0 Å². The number of benzene rings is 1. The van der Waals surface area contributed by atoms with Gasteiger partial charge in [0.05, 0.1) is 5.92 Å². The van der Waals surface area contributed by atoms with Crippen LogP contribution in [0.1, 0.15) is 24.8 Å². The van der Waals surface area contributed by atoms with Gasteiger partial charge in [-0.05, 0) is 37.5 Å². The average molecular weight is 283 g/mol. The molecule has 20 heavy (non-hydrogen) atoms. The van der Waals surface area contributed by atoms with Crippen molar-refractivity contribution in [2.75, 3.05) is 0 Å². The van der Waals surface area contributed by atoms with Crippen molar-refractivity contribution < 1.29 is 23.5 Å². The molecule has 1 aromatic carbocycles. The summed E-state index contributed by atoms with van der Waals surface area (Å²) in [6.45, 7) is -0.101. The Morgan fingerprint density at radius 1 is 1.25 bits per heavy atom. The molecule has 2 atom stereocenters. The van der Waals surface area contributed by atoms with Crippen LogP contribution in [-0.4, -0.2) is 17.0 Å². The van der Waals surface area contributed by atoms with E-state index >= 15 is 0 Å². The first kappa shape index (κ1) is 14.4. The molecule has 0 saturated heterocycles. The second-order valence-electron chi connectivity index (χ2n) is 5.00. The maximum Gasteiger partial charge on any atom is 0.306 e. The molecular formula is C14H15F2NO3. The highest BCUT2D eigenvalue weighted by atomic mass is 19.1. The molecule has 2 rings (SSSR count). The zero-order valence-electron chi connectivity index (χ0n) is 10.7. The van der Waals surface area contributed by atoms with Gasteiger partial charge in [-0.25, -0.2) is 8.78 Å². The van der Waals surface area contributed by atoms with Crippen LogP contribution in [0.3, 0.4) is 0 Å². The molecule has 1 fully saturated rings. The van der Waals surface area contributed by atoms with Gasteiger partial charge in [0.25, 0.3) is 0 Å². The zero-order valence-corrected chi connectivity index (χ0v) is 10.7. The molecule has 0 aromatic heterocycles. The van der Waals surface area contributed by atoms with Crippen LogP contribution in [0.4, 0.5) is 8.78 Å². The number of amides is 1. The summed E-state index contributed by atoms with van der Waals surface area (Å²) in [4.78, 5) is 22.7. The van der Waals surface area contributed by atoms with Crippen LogP contribution in [0, 0.1) is 23.5 Å². The summed E-state index contributed by atoms with van der Waals surface area (Å²) in [5.74, 6) is -3.21. The van der Waals surface area contributed by atoms with Crippen LogP contribution in [0.15, 0.2) is 18.2 Å². The average Bonchev–Trinajstić information content (AvgIpc) is 2.89. The number of carbonyl (C=O) groups is 2. The molecule has 6 heteroatoms. The first-order valence-electron chi connectivity index (χ1n) is 6.42. The van der Waals surface area contributed by atoms with Crippen molar-refractivity contribution in [1.82, 2.24) is 5.32 Å². The Morgan fingerprint density at radius 3 is 2.60 bits per heavy atom. The number of aliphatic carboxylic acids is 1. The third-order valence-electron chi connectivity index (χ3n) is 3.61. The van der Waals surface area contributed by atoms with Crippen LogP contribution >= 0.6 is 0 Å². The third kappa shape index (κ3) is 3.31. The molecule has 4 nitrogen and oxygen atoms in total. The number of halogens is 2. The van der Waals surface area contributed by atoms with E-state index in [1.165, 1.54) is 0 Å². The highest BCUT2D eigenvalue weighted by Gasteiger charge is 2.33. The Kier molecular flexibility index (Phi) is 4.32. The number of carboxylic acids is 1. The lowest BCUT2D eigenvalue weighted by atomic mass is 10.0. The number of carbonyl (C=O) groups excluding carboxylic acids is 1. The summed E-state index contributed by atoms with van der Waals surface area (Å²) >= 11 is 0. The summed E-state index contributed by atoms with van der Waals surface area (Å²) < 4.78 is 26.3. The van der Waals surface area contributed by atoms with Gasteiger partial charge >= 0.3 is 5.97 Å². The fourth-order valence-electron chi connectivity index (χ4n) is 2.45. The molecule has 0 heterocycles. The number of rotatable bonds is 4. The lowest BCUT2D eigenvalue weighted by Crippen LogP contribution is -2.29. The van der Waals surface area contributed by atoms with Gasteiger partial charge in [0.1, 0.15) is 11.6 Å². The molecule has 1 aliphatic carbocycles. The summed E-state index contributed by atoms with van der Waals surface area (Å²) in [7, 11) is 0. The van der Waals surface area contributed by atoms with Crippen LogP contribution in [0.25, 0.3) is 0 Å². The van der Waals surface area contributed by atoms with Gasteiger partial charge in [-0.3, -0.25) is 9.59 Å². The molecule has 1 amide bonds. The molecule has 1 aromatic rings. The van der Waals surface area contributed by atoms with Crippen LogP contribution in [-0.2, 0) is 16.1 Å². The minimum Gasteiger partial charge on any atom is -0.481 e. The monoisotopic (exact) mass is 283 g/mol. The van der Waals surface area contributed by atoms with Crippen molar-refractivity contribution in [1.29, 1.82) is 0 Å². The molecular weight excluding hydrogens is 268 g/mol. The SMILES string of the molecule is O=C(O)[C@H]1CC[C@@H](C(=O)NCc2cc(F)ccc2F)C1. The van der Waals surface area contributed by atoms with E-state index in [1.807, 2.05) is 0 Å². The smallest absolute Gasteiger partial charge is 0.306 e. The second-order valence-corrected chi connectivity index (χ2v) is 5.00. The van der Waals surface area contributed by atoms with Gasteiger partial charge in [-0.2, -0.15) is 0 Å². The summed E-state index contributed by atoms with van der Waals surface area (Å²) in [5, 5.41) is 11.4. The van der Waals surface area contributed by atoms with E-state index in [0.29, 0.717) is 19.3 Å². The highest BCUT2D eigenvalue weighted by Crippen LogP contribution is 2.31. The number of nitrogens with one attached hydrogen (secondary N) is 1. The standard InChI is InChI=1S/C14H15F2NO3/c15-11-3-4-12(16)10(6-11)7-17-13(18)8-1-2-9(5-8)14(19)20/h3-4,6,8-9H,1-2,5,7H2,(H,17,18)(H,19,20)/t8-,9+/m1/s1. The normalized spacial score (nSPS) is 21.7. The molecule has 0 radical (unpaired) electrons. The number of carboxylic acid groups (broad SMARTS) is 1. The van der Waals surface area contributed by atoms with Crippen molar-refractivity contribution >= 4 is 11.9 Å². The van der Waals surface area contributed by atoms with Gasteiger partial charge in [0.15, 0.2) is 0 Å². The number of hydrogen-bond acceptors (Lipinski definition) is 2. The van der Waals surface area contributed by atoms with E-state index in [4.69, 9.17) is 5.11 Å². The van der Waals surface area contributed by atoms with Gasteiger partial charge in [0, 0.05) is 18.0 Å². The van der Waals surface area contributed by atoms with Crippen LogP contribution in [0.5, 0.6) is 0 Å². The van der Waals surface area contributed by atoms with E-state index in [0.717, 1.165) is 18.2 Å². The largest absolute Gasteiger partial charge is 0.481 e. The molecule has 1 aliphatic rings. The van der Waals surface area contributed by atoms with Crippen LogP contribution < -0.4 is 5.32 Å². The fourth-order valence-corrected chi connectivity index (χ4v) is 2.45. The molecule has 2 N–H and O–H groups in total. The van der Waals surface area contributed by atoms with E-state index in [2.05, 4.69) is 5.32 Å². The fraction of sp³-hybridized carbons (Fsp3) is 0.429. The molecule has 0 bridgehead atoms. The second kappa shape index (κ2) is 5.98. The Balaban J connectivity index is 1.90. The van der Waals surface area contributed by atoms with Crippen molar-refractivity contribution in [3.63, 3.8) is 0 Å². The lowest BCUT2D eigenvalue weighted by Gasteiger charge is -2.11. The van der Waals surface area contributed by atoms with Gasteiger partial charge in [0.2, 0.25) is 5.91 Å². The summed E-state index contributed by atoms with van der Waals surface area (Å²) in [6, 6.07) is 3.05. The van der Waals surface area contributed by atoms with Crippen molar-refractivity contribution in [2.45, 2.75) is 25.8 Å². The molecule has 108 valence electrons. The predicted molar refractivity (Wildman–Crippen MR) is 66.7 cm³/mol. The Hall–Kier alpha value is -1.98. The topological polar surface area (TPSA) is 66.4 Å². The Bertz CT molecular complexity index is 533. The maximum atomic E-state index is 13.4. The van der Waals surface area contributed by atoms with E-state index in [-0.39, 0.29) is 23.9 Å². The molecule has 0 aliphatic heterocycles. The molecule has 0 unspecified atom stereocenters. The molecule has 0 spiro atoms. The minimum atomic E-state index is -0.892. The molecule has 1 saturated carbocycles. The summed E-state index contributed by atoms with van der Waals surface area (Å²) in [6.07, 6.45) is 1.28. The van der Waals surface area contributed by atoms with Gasteiger partial charge < -0.3 is 10.4 Å². The van der Waals surface area contributed by atoms with E-state index < -0.39 is 23.5 Å². The predicted octanol–water partition coefficient (Wildman–Crippen LogP) is 2.08. The Morgan fingerprint density at radius 2 is 1.95 bits per heavy atom. The summed E-state index contributed by atoms with van der Waals surface area (Å²) in [5.41, 5.74) is 0.0751. The third-order valence-corrected chi connectivity index (χ3v) is 3.61. The number of hydrogen-bond donors (Lipinski definition) is 2. The van der Waals surface area contributed by atoms with Gasteiger partial charge in [-0.1, -0.05) is 0 Å². The van der Waals surface area contributed by atoms with E-state index in [9.17, 15) is 18.4 Å². The lowest BCUT2D eigenvalue weighted by molar-refractivity contribution is -0.141. The van der Waals surface area contributed by atoms with Gasteiger partial charge in [-0.15, -0.1) is 0 Å². The quantitative estimate of drug-likeness (QED) is 0.889. The maximum absolute atomic E-state index is 13.4. The Labute approximate surface area is 114 Å². The van der Waals surface area contributed by atoms with E-state index in [1.54, 1.807) is 0 Å². The minimum absolute atomic E-state index is 0.0751. The first-order chi connectivity index (χ1) is 9.47. The van der Waals surface area contributed by atoms with Crippen LogP contribution in [0.2, 0.25) is 0 Å². The zero-order chi connectivity index (χ0) is 14.7. The first-order valence-corrected chi connectivity index (χ1v) is 6.42. The highest BCUT2D eigenvalue weighted by molar-refractivity contribution is 5.80. The van der Waals surface area contributed by atoms with Crippen molar-refractivity contribution in [2.24, 2.45) is 11.8 Å². The van der Waals surface area contributed by atoms with Crippen molar-refractivity contribution in [3.05, 3.63) is 35.4 Å².